The second-order valence-corrected chi connectivity index (χ2v) is 7.79. The minimum Gasteiger partial charge on any atom is -0.399 e. The number of nitrogens with zero attached hydrogens (tertiary/aromatic N) is 5. The highest BCUT2D eigenvalue weighted by atomic mass is 16.6. The number of rotatable bonds is 5. The molecule has 4 aromatic rings. The van der Waals surface area contributed by atoms with Crippen molar-refractivity contribution in [3.8, 4) is 11.4 Å². The number of carbonyl (C=O) groups excluding carboxylic acids is 1. The molecule has 0 spiro atoms. The molecule has 0 saturated heterocycles. The molecule has 1 unspecified atom stereocenters. The molecule has 162 valence electrons. The summed E-state index contributed by atoms with van der Waals surface area (Å²) in [7, 11) is 1.55. The van der Waals surface area contributed by atoms with Crippen molar-refractivity contribution in [2.45, 2.75) is 32.1 Å². The zero-order chi connectivity index (χ0) is 22.1. The maximum atomic E-state index is 12.9. The van der Waals surface area contributed by atoms with Gasteiger partial charge < -0.3 is 14.7 Å². The summed E-state index contributed by atoms with van der Waals surface area (Å²) in [5, 5.41) is 11.2. The van der Waals surface area contributed by atoms with Gasteiger partial charge in [0.05, 0.1) is 11.9 Å². The molecule has 0 aliphatic heterocycles. The van der Waals surface area contributed by atoms with Crippen LogP contribution in [0.2, 0.25) is 0 Å². The van der Waals surface area contributed by atoms with Crippen molar-refractivity contribution in [1.82, 2.24) is 19.5 Å². The van der Waals surface area contributed by atoms with Crippen LogP contribution in [0.15, 0.2) is 58.5 Å². The van der Waals surface area contributed by atoms with Crippen LogP contribution in [0, 0.1) is 6.92 Å². The van der Waals surface area contributed by atoms with Crippen LogP contribution in [-0.4, -0.2) is 38.3 Å². The lowest BCUT2D eigenvalue weighted by atomic mass is 10.1. The summed E-state index contributed by atoms with van der Waals surface area (Å²) in [5.74, 6) is 0.985. The van der Waals surface area contributed by atoms with Crippen molar-refractivity contribution in [3.63, 3.8) is 0 Å². The molecule has 3 aromatic heterocycles. The fraction of sp³-hybridized carbons (Fsp3) is 0.261. The Kier molecular flexibility index (Phi) is 5.14. The molecule has 0 bridgehead atoms. The molecule has 1 aliphatic carbocycles. The number of oxime groups is 1. The third-order valence-corrected chi connectivity index (χ3v) is 5.67. The second kappa shape index (κ2) is 8.26. The lowest BCUT2D eigenvalue weighted by Gasteiger charge is -2.09. The molecule has 1 aliphatic rings. The highest BCUT2D eigenvalue weighted by molar-refractivity contribution is 6.04. The van der Waals surface area contributed by atoms with E-state index in [1.54, 1.807) is 17.7 Å². The summed E-state index contributed by atoms with van der Waals surface area (Å²) in [6.07, 6.45) is 5.90. The first-order valence-corrected chi connectivity index (χ1v) is 10.4. The third-order valence-electron chi connectivity index (χ3n) is 5.67. The van der Waals surface area contributed by atoms with E-state index >= 15 is 0 Å². The molecule has 0 radical (unpaired) electrons. The summed E-state index contributed by atoms with van der Waals surface area (Å²) >= 11 is 0. The molecular weight excluding hydrogens is 408 g/mol. The normalized spacial score (nSPS) is 17.2. The highest BCUT2D eigenvalue weighted by Gasteiger charge is 2.28. The fourth-order valence-electron chi connectivity index (χ4n) is 3.95. The van der Waals surface area contributed by atoms with Gasteiger partial charge in [0.2, 0.25) is 11.7 Å². The van der Waals surface area contributed by atoms with E-state index in [1.807, 2.05) is 49.5 Å². The van der Waals surface area contributed by atoms with E-state index in [1.165, 1.54) is 0 Å². The highest BCUT2D eigenvalue weighted by Crippen LogP contribution is 2.33. The van der Waals surface area contributed by atoms with E-state index in [4.69, 9.17) is 9.36 Å². The van der Waals surface area contributed by atoms with Gasteiger partial charge in [0, 0.05) is 29.8 Å². The van der Waals surface area contributed by atoms with Crippen LogP contribution in [0.1, 0.15) is 47.1 Å². The van der Waals surface area contributed by atoms with Crippen molar-refractivity contribution in [2.24, 2.45) is 5.16 Å². The molecule has 1 aromatic carbocycles. The molecule has 5 rings (SSSR count). The Hall–Kier alpha value is -4.01. The monoisotopic (exact) mass is 430 g/mol. The predicted octanol–water partition coefficient (Wildman–Crippen LogP) is 4.21. The predicted molar refractivity (Wildman–Crippen MR) is 119 cm³/mol. The Labute approximate surface area is 184 Å². The third kappa shape index (κ3) is 3.73. The zero-order valence-electron chi connectivity index (χ0n) is 17.8. The van der Waals surface area contributed by atoms with Gasteiger partial charge in [0.1, 0.15) is 18.5 Å². The molecule has 1 saturated carbocycles. The number of benzene rings is 1. The molecule has 3 heterocycles. The van der Waals surface area contributed by atoms with Gasteiger partial charge in [-0.15, -0.1) is 0 Å². The van der Waals surface area contributed by atoms with Crippen molar-refractivity contribution < 1.29 is 14.2 Å². The number of pyridine rings is 1. The molecule has 1 amide bonds. The molecule has 1 N–H and O–H groups in total. The Morgan fingerprint density at radius 2 is 2.22 bits per heavy atom. The number of carbonyl (C=O) groups is 1. The Bertz CT molecular complexity index is 1320. The van der Waals surface area contributed by atoms with Gasteiger partial charge in [-0.2, -0.15) is 4.98 Å². The number of aryl methyl sites for hydroxylation is 1. The number of imidazole rings is 1. The van der Waals surface area contributed by atoms with E-state index in [9.17, 15) is 4.79 Å². The standard InChI is InChI=1S/C23H22N6O3/c1-14-6-7-15(21-26-23(32-28-21)16-8-9-17(11-16)27-31-2)12-18(14)25-22(30)19-13-24-20-5-3-4-10-29(19)20/h3-7,10,12-13,16H,8-9,11H2,1-2H3,(H,25,30). The van der Waals surface area contributed by atoms with Gasteiger partial charge in [-0.25, -0.2) is 4.98 Å². The molecule has 1 atom stereocenters. The minimum atomic E-state index is -0.242. The minimum absolute atomic E-state index is 0.143. The second-order valence-electron chi connectivity index (χ2n) is 7.79. The number of fused-ring (bicyclic) bond motifs is 1. The number of hydrogen-bond donors (Lipinski definition) is 1. The lowest BCUT2D eigenvalue weighted by Crippen LogP contribution is -2.15. The van der Waals surface area contributed by atoms with Crippen LogP contribution in [-0.2, 0) is 4.84 Å². The molecule has 9 heteroatoms. The first-order chi connectivity index (χ1) is 15.6. The molecule has 1 fully saturated rings. The van der Waals surface area contributed by atoms with Crippen molar-refractivity contribution in [1.29, 1.82) is 0 Å². The van der Waals surface area contributed by atoms with E-state index < -0.39 is 0 Å². The van der Waals surface area contributed by atoms with E-state index in [0.717, 1.165) is 36.1 Å². The molecular formula is C23H22N6O3. The zero-order valence-corrected chi connectivity index (χ0v) is 17.8. The van der Waals surface area contributed by atoms with Gasteiger partial charge in [-0.1, -0.05) is 28.5 Å². The quantitative estimate of drug-likeness (QED) is 0.475. The van der Waals surface area contributed by atoms with E-state index in [0.29, 0.717) is 28.7 Å². The van der Waals surface area contributed by atoms with Crippen LogP contribution in [0.5, 0.6) is 0 Å². The SMILES string of the molecule is CON=C1CCC(c2nc(-c3ccc(C)c(NC(=O)c4cnc5ccccn45)c3)no2)C1. The average molecular weight is 430 g/mol. The maximum Gasteiger partial charge on any atom is 0.274 e. The van der Waals surface area contributed by atoms with Gasteiger partial charge in [-0.3, -0.25) is 9.20 Å². The van der Waals surface area contributed by atoms with Crippen LogP contribution in [0.4, 0.5) is 5.69 Å². The van der Waals surface area contributed by atoms with Crippen molar-refractivity contribution in [3.05, 3.63) is 65.9 Å². The van der Waals surface area contributed by atoms with Crippen LogP contribution in [0.25, 0.3) is 17.0 Å². The van der Waals surface area contributed by atoms with Crippen LogP contribution >= 0.6 is 0 Å². The average Bonchev–Trinajstić information content (AvgIpc) is 3.54. The van der Waals surface area contributed by atoms with Gasteiger partial charge in [0.25, 0.3) is 5.91 Å². The number of amides is 1. The van der Waals surface area contributed by atoms with E-state index in [-0.39, 0.29) is 11.8 Å². The Balaban J connectivity index is 1.37. The number of hydrogen-bond acceptors (Lipinski definition) is 7. The number of anilines is 1. The van der Waals surface area contributed by atoms with Crippen LogP contribution in [0.3, 0.4) is 0 Å². The van der Waals surface area contributed by atoms with Gasteiger partial charge in [0.15, 0.2) is 0 Å². The maximum absolute atomic E-state index is 12.9. The molecule has 9 nitrogen and oxygen atoms in total. The first-order valence-electron chi connectivity index (χ1n) is 10.4. The van der Waals surface area contributed by atoms with Gasteiger partial charge >= 0.3 is 0 Å². The number of aromatic nitrogens is 4. The van der Waals surface area contributed by atoms with E-state index in [2.05, 4.69) is 25.6 Å². The fourth-order valence-corrected chi connectivity index (χ4v) is 3.95. The smallest absolute Gasteiger partial charge is 0.274 e. The largest absolute Gasteiger partial charge is 0.399 e. The van der Waals surface area contributed by atoms with Crippen molar-refractivity contribution >= 4 is 23.0 Å². The Morgan fingerprint density at radius 3 is 3.09 bits per heavy atom. The summed E-state index contributed by atoms with van der Waals surface area (Å²) in [6, 6.07) is 11.3. The summed E-state index contributed by atoms with van der Waals surface area (Å²) < 4.78 is 7.28. The summed E-state index contributed by atoms with van der Waals surface area (Å²) in [5.41, 5.74) is 4.55. The van der Waals surface area contributed by atoms with Crippen LogP contribution < -0.4 is 5.32 Å². The van der Waals surface area contributed by atoms with Gasteiger partial charge in [-0.05, 0) is 43.5 Å². The Morgan fingerprint density at radius 1 is 1.31 bits per heavy atom. The topological polar surface area (TPSA) is 107 Å². The summed E-state index contributed by atoms with van der Waals surface area (Å²) in [4.78, 5) is 26.7. The lowest BCUT2D eigenvalue weighted by molar-refractivity contribution is 0.102. The van der Waals surface area contributed by atoms with Crippen molar-refractivity contribution in [2.75, 3.05) is 12.4 Å². The number of nitrogens with one attached hydrogen (secondary N) is 1. The molecule has 32 heavy (non-hydrogen) atoms. The first kappa shape index (κ1) is 19.9. The summed E-state index contributed by atoms with van der Waals surface area (Å²) in [6.45, 7) is 1.94.